The molecule has 0 aromatic carbocycles. The minimum atomic E-state index is -4.82. The van der Waals surface area contributed by atoms with E-state index in [4.69, 9.17) is 22.6 Å². The number of amides is 1. The molecule has 1 aliphatic heterocycles. The van der Waals surface area contributed by atoms with Crippen LogP contribution in [0, 0.1) is 11.3 Å². The van der Waals surface area contributed by atoms with Gasteiger partial charge in [-0.3, -0.25) is 14.5 Å². The third kappa shape index (κ3) is 3.85. The second-order valence-corrected chi connectivity index (χ2v) is 6.70. The number of carboxylic acids is 1. The summed E-state index contributed by atoms with van der Waals surface area (Å²) in [6.07, 6.45) is -3.77. The summed E-state index contributed by atoms with van der Waals surface area (Å²) in [5.41, 5.74) is -3.44. The van der Waals surface area contributed by atoms with Crippen molar-refractivity contribution in [2.45, 2.75) is 38.4 Å². The Labute approximate surface area is 158 Å². The van der Waals surface area contributed by atoms with E-state index in [1.165, 1.54) is 11.0 Å². The summed E-state index contributed by atoms with van der Waals surface area (Å²) < 4.78 is 39.5. The average molecular weight is 400 g/mol. The van der Waals surface area contributed by atoms with Gasteiger partial charge in [-0.1, -0.05) is 0 Å². The second kappa shape index (κ2) is 7.11. The minimum absolute atomic E-state index is 0.0463. The molecule has 0 atom stereocenters. The molecule has 144 valence electrons. The molecular formula is C16H15F3N4O3S. The number of carboxylic acid groups (broad SMARTS) is 1. The maximum absolute atomic E-state index is 13.2. The lowest BCUT2D eigenvalue weighted by Crippen LogP contribution is -2.44. The van der Waals surface area contributed by atoms with E-state index in [1.807, 2.05) is 0 Å². The van der Waals surface area contributed by atoms with Crippen molar-refractivity contribution in [1.29, 1.82) is 5.26 Å². The zero-order valence-electron chi connectivity index (χ0n) is 14.4. The van der Waals surface area contributed by atoms with Crippen LogP contribution in [0.5, 0.6) is 0 Å². The molecule has 0 bridgehead atoms. The molecule has 0 radical (unpaired) electrons. The number of carbonyl (C=O) groups excluding carboxylic acids is 1. The van der Waals surface area contributed by atoms with Crippen molar-refractivity contribution in [1.82, 2.24) is 9.88 Å². The highest BCUT2D eigenvalue weighted by Gasteiger charge is 2.49. The number of nitrogens with zero attached hydrogens (tertiary/aromatic N) is 4. The Hall–Kier alpha value is -2.74. The van der Waals surface area contributed by atoms with Gasteiger partial charge in [0.15, 0.2) is 10.8 Å². The molecule has 2 rings (SSSR count). The summed E-state index contributed by atoms with van der Waals surface area (Å²) in [5.74, 6) is -1.57. The van der Waals surface area contributed by atoms with Crippen LogP contribution in [-0.4, -0.2) is 44.1 Å². The summed E-state index contributed by atoms with van der Waals surface area (Å²) in [6, 6.07) is 2.03. The van der Waals surface area contributed by atoms with E-state index < -0.39 is 34.8 Å². The van der Waals surface area contributed by atoms with Crippen LogP contribution in [0.3, 0.4) is 0 Å². The second-order valence-electron chi connectivity index (χ2n) is 6.33. The third-order valence-electron chi connectivity index (χ3n) is 4.14. The van der Waals surface area contributed by atoms with Crippen LogP contribution >= 0.6 is 12.2 Å². The van der Waals surface area contributed by atoms with Gasteiger partial charge in [0.2, 0.25) is 0 Å². The quantitative estimate of drug-likeness (QED) is 0.759. The molecule has 11 heteroatoms. The first kappa shape index (κ1) is 20.6. The van der Waals surface area contributed by atoms with Crippen molar-refractivity contribution >= 4 is 34.9 Å². The topological polar surface area (TPSA) is 97.5 Å². The van der Waals surface area contributed by atoms with Crippen molar-refractivity contribution in [3.8, 4) is 6.07 Å². The van der Waals surface area contributed by atoms with Crippen LogP contribution in [0.2, 0.25) is 0 Å². The van der Waals surface area contributed by atoms with E-state index in [0.29, 0.717) is 6.07 Å². The van der Waals surface area contributed by atoms with Crippen molar-refractivity contribution in [3.05, 3.63) is 23.5 Å². The fourth-order valence-corrected chi connectivity index (χ4v) is 3.22. The van der Waals surface area contributed by atoms with Gasteiger partial charge in [-0.05, 0) is 38.6 Å². The van der Waals surface area contributed by atoms with Gasteiger partial charge >= 0.3 is 12.1 Å². The fourth-order valence-electron chi connectivity index (χ4n) is 2.71. The molecule has 27 heavy (non-hydrogen) atoms. The number of nitriles is 1. The van der Waals surface area contributed by atoms with E-state index in [0.717, 1.165) is 11.1 Å². The third-order valence-corrected chi connectivity index (χ3v) is 4.54. The first-order valence-corrected chi connectivity index (χ1v) is 8.17. The standard InChI is InChI=1S/C16H15F3N4O3S/c1-15(2)13(26)23(14(27)22(15)5-3-4-12(24)25)9-6-10(16(17,18)19)11(7-20)21-8-9/h6,8H,3-5H2,1-2H3,(H,24,25). The largest absolute Gasteiger partial charge is 0.481 e. The Bertz CT molecular complexity index is 848. The number of anilines is 1. The van der Waals surface area contributed by atoms with E-state index in [2.05, 4.69) is 4.98 Å². The molecule has 1 amide bonds. The number of thiocarbonyl (C=S) groups is 1. The maximum Gasteiger partial charge on any atom is 0.419 e. The van der Waals surface area contributed by atoms with E-state index in [9.17, 15) is 22.8 Å². The summed E-state index contributed by atoms with van der Waals surface area (Å²) >= 11 is 5.26. The van der Waals surface area contributed by atoms with E-state index in [1.54, 1.807) is 13.8 Å². The Kier molecular flexibility index (Phi) is 5.42. The molecule has 0 unspecified atom stereocenters. The molecule has 0 saturated carbocycles. The number of aliphatic carboxylic acids is 1. The maximum atomic E-state index is 13.2. The summed E-state index contributed by atoms with van der Waals surface area (Å²) in [6.45, 7) is 3.24. The van der Waals surface area contributed by atoms with Crippen molar-refractivity contribution in [2.24, 2.45) is 0 Å². The number of alkyl halides is 3. The molecule has 0 aliphatic carbocycles. The lowest BCUT2D eigenvalue weighted by Gasteiger charge is -2.29. The molecule has 1 aromatic heterocycles. The highest BCUT2D eigenvalue weighted by atomic mass is 32.1. The Morgan fingerprint density at radius 1 is 1.44 bits per heavy atom. The van der Waals surface area contributed by atoms with Gasteiger partial charge in [-0.2, -0.15) is 18.4 Å². The molecular weight excluding hydrogens is 385 g/mol. The minimum Gasteiger partial charge on any atom is -0.481 e. The van der Waals surface area contributed by atoms with Crippen molar-refractivity contribution in [3.63, 3.8) is 0 Å². The lowest BCUT2D eigenvalue weighted by atomic mass is 10.0. The van der Waals surface area contributed by atoms with Gasteiger partial charge in [0.1, 0.15) is 11.6 Å². The Morgan fingerprint density at radius 3 is 2.59 bits per heavy atom. The van der Waals surface area contributed by atoms with Crippen LogP contribution in [0.15, 0.2) is 12.3 Å². The molecule has 1 aliphatic rings. The van der Waals surface area contributed by atoms with Gasteiger partial charge < -0.3 is 10.0 Å². The number of aromatic nitrogens is 1. The predicted molar refractivity (Wildman–Crippen MR) is 91.7 cm³/mol. The Balaban J connectivity index is 2.42. The number of carbonyl (C=O) groups is 2. The lowest BCUT2D eigenvalue weighted by molar-refractivity contribution is -0.138. The zero-order chi connectivity index (χ0) is 20.6. The zero-order valence-corrected chi connectivity index (χ0v) is 15.2. The van der Waals surface area contributed by atoms with Crippen LogP contribution in [0.25, 0.3) is 0 Å². The number of hydrogen-bond acceptors (Lipinski definition) is 5. The van der Waals surface area contributed by atoms with Crippen LogP contribution in [0.4, 0.5) is 18.9 Å². The molecule has 0 spiro atoms. The van der Waals surface area contributed by atoms with Crippen LogP contribution in [0.1, 0.15) is 37.9 Å². The number of halogens is 3. The SMILES string of the molecule is CC1(C)C(=O)N(c2cnc(C#N)c(C(F)(F)F)c2)C(=S)N1CCCC(=O)O. The van der Waals surface area contributed by atoms with Crippen LogP contribution in [-0.2, 0) is 15.8 Å². The molecule has 2 heterocycles. The Morgan fingerprint density at radius 2 is 2.07 bits per heavy atom. The molecule has 1 fully saturated rings. The van der Waals surface area contributed by atoms with Crippen molar-refractivity contribution < 1.29 is 27.9 Å². The summed E-state index contributed by atoms with van der Waals surface area (Å²) in [5, 5.41) is 17.5. The number of hydrogen-bond donors (Lipinski definition) is 1. The van der Waals surface area contributed by atoms with Crippen molar-refractivity contribution in [2.75, 3.05) is 11.4 Å². The number of rotatable bonds is 5. The van der Waals surface area contributed by atoms with E-state index >= 15 is 0 Å². The highest BCUT2D eigenvalue weighted by Crippen LogP contribution is 2.37. The molecule has 1 aromatic rings. The summed E-state index contributed by atoms with van der Waals surface area (Å²) in [4.78, 5) is 29.4. The first-order valence-electron chi connectivity index (χ1n) is 7.76. The smallest absolute Gasteiger partial charge is 0.419 e. The van der Waals surface area contributed by atoms with Gasteiger partial charge in [0.25, 0.3) is 5.91 Å². The first-order chi connectivity index (χ1) is 12.4. The van der Waals surface area contributed by atoms with E-state index in [-0.39, 0.29) is 30.2 Å². The van der Waals surface area contributed by atoms with Gasteiger partial charge in [0, 0.05) is 13.0 Å². The summed E-state index contributed by atoms with van der Waals surface area (Å²) in [7, 11) is 0. The van der Waals surface area contributed by atoms with Gasteiger partial charge in [0.05, 0.1) is 17.4 Å². The van der Waals surface area contributed by atoms with Gasteiger partial charge in [-0.15, -0.1) is 0 Å². The molecule has 1 N–H and O–H groups in total. The van der Waals surface area contributed by atoms with Crippen LogP contribution < -0.4 is 4.90 Å². The monoisotopic (exact) mass is 400 g/mol. The molecule has 1 saturated heterocycles. The predicted octanol–water partition coefficient (Wildman–Crippen LogP) is 2.55. The average Bonchev–Trinajstić information content (AvgIpc) is 2.73. The van der Waals surface area contributed by atoms with Gasteiger partial charge in [-0.25, -0.2) is 4.98 Å². The normalized spacial score (nSPS) is 16.6. The highest BCUT2D eigenvalue weighted by molar-refractivity contribution is 7.80. The fraction of sp³-hybridized carbons (Fsp3) is 0.438. The molecule has 7 nitrogen and oxygen atoms in total. The number of pyridine rings is 1.